The maximum Gasteiger partial charge on any atom is 0.410 e. The van der Waals surface area contributed by atoms with Gasteiger partial charge in [-0.25, -0.2) is 13.2 Å². The van der Waals surface area contributed by atoms with Gasteiger partial charge in [0.2, 0.25) is 0 Å². The molecular weight excluding hydrogens is 298 g/mol. The van der Waals surface area contributed by atoms with E-state index in [1.807, 2.05) is 0 Å². The highest BCUT2D eigenvalue weighted by Gasteiger charge is 2.56. The highest BCUT2D eigenvalue weighted by Crippen LogP contribution is 2.44. The van der Waals surface area contributed by atoms with Crippen LogP contribution in [0.4, 0.5) is 4.79 Å². The van der Waals surface area contributed by atoms with Gasteiger partial charge in [0.1, 0.15) is 16.4 Å². The normalized spacial score (nSPS) is 26.5. The lowest BCUT2D eigenvalue weighted by atomic mass is 9.80. The van der Waals surface area contributed by atoms with Crippen LogP contribution in [0.2, 0.25) is 0 Å². The summed E-state index contributed by atoms with van der Waals surface area (Å²) in [6.45, 7) is 3.77. The Labute approximate surface area is 123 Å². The van der Waals surface area contributed by atoms with Crippen LogP contribution in [0.1, 0.15) is 19.3 Å². The van der Waals surface area contributed by atoms with Crippen molar-refractivity contribution >= 4 is 21.9 Å². The van der Waals surface area contributed by atoms with E-state index in [2.05, 4.69) is 6.58 Å². The average Bonchev–Trinajstić information content (AvgIpc) is 2.79. The maximum absolute atomic E-state index is 12.1. The van der Waals surface area contributed by atoms with E-state index in [0.29, 0.717) is 6.42 Å². The van der Waals surface area contributed by atoms with Crippen LogP contribution in [0, 0.1) is 5.92 Å². The largest absolute Gasteiger partial charge is 0.481 e. The summed E-state index contributed by atoms with van der Waals surface area (Å²) in [6, 6.07) is 0. The highest BCUT2D eigenvalue weighted by molar-refractivity contribution is 7.91. The molecule has 1 amide bonds. The summed E-state index contributed by atoms with van der Waals surface area (Å²) < 4.78 is 28.2. The number of carboxylic acid groups (broad SMARTS) is 1. The first-order valence-corrected chi connectivity index (χ1v) is 8.63. The lowest BCUT2D eigenvalue weighted by Gasteiger charge is -2.42. The molecule has 2 heterocycles. The maximum atomic E-state index is 12.1. The van der Waals surface area contributed by atoms with Gasteiger partial charge in [-0.15, -0.1) is 0 Å². The average molecular weight is 317 g/mol. The van der Waals surface area contributed by atoms with Crippen LogP contribution in [-0.4, -0.2) is 60.7 Å². The third kappa shape index (κ3) is 2.90. The van der Waals surface area contributed by atoms with Crippen molar-refractivity contribution in [2.24, 2.45) is 5.92 Å². The Bertz CT molecular complexity index is 541. The quantitative estimate of drug-likeness (QED) is 0.768. The summed E-state index contributed by atoms with van der Waals surface area (Å²) >= 11 is 0. The fourth-order valence-corrected chi connectivity index (χ4v) is 4.82. The van der Waals surface area contributed by atoms with E-state index in [4.69, 9.17) is 4.74 Å². The van der Waals surface area contributed by atoms with Crippen LogP contribution >= 0.6 is 0 Å². The summed E-state index contributed by atoms with van der Waals surface area (Å²) in [5, 5.41) is 9.39. The van der Waals surface area contributed by atoms with Gasteiger partial charge in [-0.2, -0.15) is 0 Å². The molecule has 0 bridgehead atoms. The number of nitrogens with zero attached hydrogens (tertiary/aromatic N) is 1. The Morgan fingerprint density at radius 3 is 2.52 bits per heavy atom. The van der Waals surface area contributed by atoms with Gasteiger partial charge in [0.25, 0.3) is 0 Å². The number of rotatable bonds is 3. The monoisotopic (exact) mass is 317 g/mol. The fourth-order valence-electron chi connectivity index (χ4n) is 3.28. The standard InChI is InChI=1S/C13H19NO6S/c1-2-7-20-12(17)14-6-3-10(11(15)16)13(14)4-8-21(18,19)9-5-13/h2,10H,1,3-9H2,(H,15,16). The molecule has 8 heteroatoms. The minimum Gasteiger partial charge on any atom is -0.481 e. The number of carbonyl (C=O) groups excluding carboxylic acids is 1. The molecule has 0 aliphatic carbocycles. The number of carboxylic acids is 1. The van der Waals surface area contributed by atoms with E-state index in [9.17, 15) is 23.1 Å². The topological polar surface area (TPSA) is 101 Å². The molecule has 0 saturated carbocycles. The first-order chi connectivity index (χ1) is 9.82. The van der Waals surface area contributed by atoms with Crippen molar-refractivity contribution in [3.63, 3.8) is 0 Å². The van der Waals surface area contributed by atoms with Crippen molar-refractivity contribution in [2.45, 2.75) is 24.8 Å². The number of likely N-dealkylation sites (tertiary alicyclic amines) is 1. The molecule has 21 heavy (non-hydrogen) atoms. The molecule has 0 radical (unpaired) electrons. The van der Waals surface area contributed by atoms with Crippen LogP contribution in [0.25, 0.3) is 0 Å². The van der Waals surface area contributed by atoms with Gasteiger partial charge in [0.15, 0.2) is 0 Å². The first-order valence-electron chi connectivity index (χ1n) is 6.81. The fraction of sp³-hybridized carbons (Fsp3) is 0.692. The summed E-state index contributed by atoms with van der Waals surface area (Å²) in [5.74, 6) is -1.93. The molecule has 118 valence electrons. The molecular formula is C13H19NO6S. The number of amides is 1. The molecule has 2 fully saturated rings. The predicted molar refractivity (Wildman–Crippen MR) is 74.6 cm³/mol. The lowest BCUT2D eigenvalue weighted by molar-refractivity contribution is -0.145. The predicted octanol–water partition coefficient (Wildman–Crippen LogP) is 0.663. The first kappa shape index (κ1) is 15.8. The molecule has 2 aliphatic rings. The number of hydrogen-bond acceptors (Lipinski definition) is 5. The van der Waals surface area contributed by atoms with E-state index in [-0.39, 0.29) is 37.5 Å². The summed E-state index contributed by atoms with van der Waals surface area (Å²) in [6.07, 6.45) is 1.45. The van der Waals surface area contributed by atoms with Crippen LogP contribution in [-0.2, 0) is 19.4 Å². The van der Waals surface area contributed by atoms with Crippen molar-refractivity contribution in [3.05, 3.63) is 12.7 Å². The lowest BCUT2D eigenvalue weighted by Crippen LogP contribution is -2.56. The third-order valence-corrected chi connectivity index (χ3v) is 6.01. The Hall–Kier alpha value is -1.57. The van der Waals surface area contributed by atoms with Crippen LogP contribution in [0.15, 0.2) is 12.7 Å². The van der Waals surface area contributed by atoms with E-state index < -0.39 is 33.4 Å². The Kier molecular flexibility index (Phi) is 4.27. The molecule has 2 rings (SSSR count). The molecule has 2 saturated heterocycles. The van der Waals surface area contributed by atoms with Crippen molar-refractivity contribution in [1.82, 2.24) is 4.90 Å². The van der Waals surface area contributed by atoms with E-state index in [0.717, 1.165) is 0 Å². The second-order valence-corrected chi connectivity index (χ2v) is 7.76. The van der Waals surface area contributed by atoms with Crippen LogP contribution in [0.5, 0.6) is 0 Å². The van der Waals surface area contributed by atoms with Crippen LogP contribution in [0.3, 0.4) is 0 Å². The molecule has 1 spiro atoms. The van der Waals surface area contributed by atoms with Gasteiger partial charge in [-0.05, 0) is 19.3 Å². The minimum absolute atomic E-state index is 0.0431. The van der Waals surface area contributed by atoms with Crippen molar-refractivity contribution in [3.8, 4) is 0 Å². The molecule has 0 aromatic carbocycles. The molecule has 1 N–H and O–H groups in total. The zero-order chi connectivity index (χ0) is 15.7. The molecule has 7 nitrogen and oxygen atoms in total. The van der Waals surface area contributed by atoms with Crippen LogP contribution < -0.4 is 0 Å². The van der Waals surface area contributed by atoms with E-state index >= 15 is 0 Å². The Morgan fingerprint density at radius 1 is 1.38 bits per heavy atom. The van der Waals surface area contributed by atoms with Gasteiger partial charge in [0, 0.05) is 6.54 Å². The van der Waals surface area contributed by atoms with Gasteiger partial charge in [-0.3, -0.25) is 4.79 Å². The molecule has 2 aliphatic heterocycles. The van der Waals surface area contributed by atoms with E-state index in [1.165, 1.54) is 11.0 Å². The number of aliphatic carboxylic acids is 1. The summed E-state index contributed by atoms with van der Waals surface area (Å²) in [5.41, 5.74) is -0.949. The zero-order valence-corrected chi connectivity index (χ0v) is 12.5. The number of hydrogen-bond donors (Lipinski definition) is 1. The summed E-state index contributed by atoms with van der Waals surface area (Å²) in [4.78, 5) is 25.0. The van der Waals surface area contributed by atoms with Gasteiger partial charge in [0.05, 0.1) is 23.0 Å². The Morgan fingerprint density at radius 2 is 2.00 bits per heavy atom. The third-order valence-electron chi connectivity index (χ3n) is 4.36. The summed E-state index contributed by atoms with van der Waals surface area (Å²) in [7, 11) is -3.15. The number of sulfone groups is 1. The van der Waals surface area contributed by atoms with Crippen molar-refractivity contribution in [1.29, 1.82) is 0 Å². The molecule has 1 atom stereocenters. The SMILES string of the molecule is C=CCOC(=O)N1CCC(C(=O)O)C12CCS(=O)(=O)CC2. The number of ether oxygens (including phenoxy) is 1. The van der Waals surface area contributed by atoms with E-state index in [1.54, 1.807) is 0 Å². The van der Waals surface area contributed by atoms with Gasteiger partial charge < -0.3 is 14.7 Å². The highest BCUT2D eigenvalue weighted by atomic mass is 32.2. The molecule has 1 unspecified atom stereocenters. The second-order valence-electron chi connectivity index (χ2n) is 5.45. The number of carbonyl (C=O) groups is 2. The molecule has 0 aromatic rings. The molecule has 0 aromatic heterocycles. The van der Waals surface area contributed by atoms with Crippen molar-refractivity contribution < 1.29 is 27.9 Å². The Balaban J connectivity index is 2.27. The van der Waals surface area contributed by atoms with Crippen molar-refractivity contribution in [2.75, 3.05) is 24.7 Å². The van der Waals surface area contributed by atoms with Gasteiger partial charge in [-0.1, -0.05) is 12.7 Å². The minimum atomic E-state index is -3.15. The smallest absolute Gasteiger partial charge is 0.410 e. The second kappa shape index (κ2) is 5.67. The van der Waals surface area contributed by atoms with Gasteiger partial charge >= 0.3 is 12.1 Å². The zero-order valence-electron chi connectivity index (χ0n) is 11.7.